The third-order valence-electron chi connectivity index (χ3n) is 4.26. The maximum absolute atomic E-state index is 13.5. The minimum atomic E-state index is -4.55. The number of nitrogens with zero attached hydrogens (tertiary/aromatic N) is 6. The summed E-state index contributed by atoms with van der Waals surface area (Å²) in [6, 6.07) is 7.67. The second-order valence-electron chi connectivity index (χ2n) is 6.27. The van der Waals surface area contributed by atoms with Gasteiger partial charge in [-0.1, -0.05) is 6.07 Å². The highest BCUT2D eigenvalue weighted by Gasteiger charge is 2.37. The molecule has 0 amide bonds. The van der Waals surface area contributed by atoms with E-state index in [1.165, 1.54) is 6.07 Å². The van der Waals surface area contributed by atoms with Gasteiger partial charge >= 0.3 is 6.18 Å². The fraction of sp³-hybridized carbons (Fsp3) is 0.235. The van der Waals surface area contributed by atoms with Crippen molar-refractivity contribution in [3.63, 3.8) is 0 Å². The van der Waals surface area contributed by atoms with E-state index in [-0.39, 0.29) is 29.0 Å². The topological polar surface area (TPSA) is 82.0 Å². The van der Waals surface area contributed by atoms with Crippen molar-refractivity contribution >= 4 is 5.65 Å². The monoisotopic (exact) mass is 372 g/mol. The maximum Gasteiger partial charge on any atom is 0.433 e. The van der Waals surface area contributed by atoms with Crippen LogP contribution in [0.15, 0.2) is 40.9 Å². The van der Waals surface area contributed by atoms with Gasteiger partial charge in [-0.3, -0.25) is 4.98 Å². The molecule has 1 aliphatic carbocycles. The lowest BCUT2D eigenvalue weighted by molar-refractivity contribution is -0.142. The molecule has 1 aliphatic rings. The second-order valence-corrected chi connectivity index (χ2v) is 6.27. The third kappa shape index (κ3) is 2.82. The van der Waals surface area contributed by atoms with Crippen molar-refractivity contribution in [3.8, 4) is 23.2 Å². The van der Waals surface area contributed by atoms with Crippen molar-refractivity contribution < 1.29 is 17.6 Å². The molecule has 0 unspecified atom stereocenters. The summed E-state index contributed by atoms with van der Waals surface area (Å²) in [6.45, 7) is 0. The average Bonchev–Trinajstić information content (AvgIpc) is 3.23. The van der Waals surface area contributed by atoms with Gasteiger partial charge in [-0.15, -0.1) is 10.2 Å². The van der Waals surface area contributed by atoms with Crippen LogP contribution in [0.1, 0.15) is 30.1 Å². The van der Waals surface area contributed by atoms with Gasteiger partial charge in [0.25, 0.3) is 11.8 Å². The summed E-state index contributed by atoms with van der Waals surface area (Å²) in [5, 5.41) is 11.8. The first kappa shape index (κ1) is 15.9. The van der Waals surface area contributed by atoms with E-state index in [2.05, 4.69) is 25.3 Å². The number of fused-ring (bicyclic) bond motifs is 1. The second kappa shape index (κ2) is 5.60. The summed E-state index contributed by atoms with van der Waals surface area (Å²) in [4.78, 5) is 8.42. The van der Waals surface area contributed by atoms with E-state index in [4.69, 9.17) is 4.42 Å². The Balaban J connectivity index is 1.62. The van der Waals surface area contributed by atoms with Gasteiger partial charge in [0.15, 0.2) is 11.3 Å². The lowest BCUT2D eigenvalue weighted by Gasteiger charge is -2.10. The summed E-state index contributed by atoms with van der Waals surface area (Å²) in [5.74, 6) is 0.237. The summed E-state index contributed by atoms with van der Waals surface area (Å²) >= 11 is 0. The molecule has 4 heterocycles. The molecule has 10 heteroatoms. The molecule has 0 bridgehead atoms. The highest BCUT2D eigenvalue weighted by molar-refractivity contribution is 5.58. The predicted octanol–water partition coefficient (Wildman–Crippen LogP) is 3.74. The zero-order valence-corrected chi connectivity index (χ0v) is 13.7. The van der Waals surface area contributed by atoms with Crippen LogP contribution < -0.4 is 0 Å². The molecule has 5 rings (SSSR count). The van der Waals surface area contributed by atoms with Crippen molar-refractivity contribution in [2.24, 2.45) is 0 Å². The summed E-state index contributed by atoms with van der Waals surface area (Å²) < 4.78 is 46.7. The SMILES string of the molecule is FC(F)(F)c1cc(C2CC2)nc2cc(-c3nnc(-c4ccccn4)o3)nn12. The summed E-state index contributed by atoms with van der Waals surface area (Å²) in [6.07, 6.45) is -1.29. The van der Waals surface area contributed by atoms with Crippen molar-refractivity contribution in [2.45, 2.75) is 24.9 Å². The first-order valence-electron chi connectivity index (χ1n) is 8.22. The van der Waals surface area contributed by atoms with Crippen LogP contribution in [0.25, 0.3) is 28.8 Å². The lowest BCUT2D eigenvalue weighted by atomic mass is 10.2. The van der Waals surface area contributed by atoms with Gasteiger partial charge in [0.05, 0.1) is 0 Å². The van der Waals surface area contributed by atoms with Gasteiger partial charge in [0, 0.05) is 23.9 Å². The predicted molar refractivity (Wildman–Crippen MR) is 86.5 cm³/mol. The van der Waals surface area contributed by atoms with E-state index in [0.29, 0.717) is 11.4 Å². The molecular formula is C17H11F3N6O. The van der Waals surface area contributed by atoms with Crippen LogP contribution in [0.3, 0.4) is 0 Å². The number of alkyl halides is 3. The molecular weight excluding hydrogens is 361 g/mol. The number of hydrogen-bond acceptors (Lipinski definition) is 6. The molecule has 27 heavy (non-hydrogen) atoms. The van der Waals surface area contributed by atoms with E-state index in [0.717, 1.165) is 23.4 Å². The summed E-state index contributed by atoms with van der Waals surface area (Å²) in [7, 11) is 0. The Morgan fingerprint density at radius 3 is 2.48 bits per heavy atom. The Morgan fingerprint density at radius 1 is 1.04 bits per heavy atom. The Hall–Kier alpha value is -3.30. The van der Waals surface area contributed by atoms with E-state index in [9.17, 15) is 13.2 Å². The van der Waals surface area contributed by atoms with Crippen molar-refractivity contribution in [2.75, 3.05) is 0 Å². The quantitative estimate of drug-likeness (QED) is 0.545. The number of pyridine rings is 1. The largest absolute Gasteiger partial charge is 0.433 e. The van der Waals surface area contributed by atoms with Gasteiger partial charge in [-0.25, -0.2) is 9.50 Å². The Bertz CT molecular complexity index is 1130. The molecule has 0 saturated heterocycles. The molecule has 1 fully saturated rings. The number of hydrogen-bond donors (Lipinski definition) is 0. The molecule has 0 spiro atoms. The van der Waals surface area contributed by atoms with Gasteiger partial charge in [0.1, 0.15) is 11.4 Å². The molecule has 4 aromatic heterocycles. The van der Waals surface area contributed by atoms with Crippen LogP contribution in [0.2, 0.25) is 0 Å². The zero-order chi connectivity index (χ0) is 18.6. The molecule has 0 N–H and O–H groups in total. The molecule has 0 aromatic carbocycles. The van der Waals surface area contributed by atoms with Crippen LogP contribution in [0.5, 0.6) is 0 Å². The fourth-order valence-corrected chi connectivity index (χ4v) is 2.81. The van der Waals surface area contributed by atoms with Gasteiger partial charge in [-0.05, 0) is 31.0 Å². The van der Waals surface area contributed by atoms with Gasteiger partial charge in [-0.2, -0.15) is 18.3 Å². The third-order valence-corrected chi connectivity index (χ3v) is 4.26. The Morgan fingerprint density at radius 2 is 1.81 bits per heavy atom. The molecule has 136 valence electrons. The molecule has 0 aliphatic heterocycles. The summed E-state index contributed by atoms with van der Waals surface area (Å²) in [5.41, 5.74) is 0.242. The van der Waals surface area contributed by atoms with Crippen LogP contribution in [-0.4, -0.2) is 29.8 Å². The molecule has 4 aromatic rings. The number of aromatic nitrogens is 6. The average molecular weight is 372 g/mol. The molecule has 1 saturated carbocycles. The fourth-order valence-electron chi connectivity index (χ4n) is 2.81. The van der Waals surface area contributed by atoms with E-state index in [1.807, 2.05) is 0 Å². The normalized spacial score (nSPS) is 14.8. The van der Waals surface area contributed by atoms with Crippen LogP contribution in [-0.2, 0) is 6.18 Å². The van der Waals surface area contributed by atoms with E-state index in [1.54, 1.807) is 24.4 Å². The zero-order valence-electron chi connectivity index (χ0n) is 13.7. The minimum absolute atomic E-state index is 0.00208. The standard InChI is InChI=1S/C17H11F3N6O/c18-17(19,20)13-7-11(9-4-5-9)22-14-8-12(25-26(13)14)16-24-23-15(27-16)10-3-1-2-6-21-10/h1-3,6-9H,4-5H2. The Kier molecular flexibility index (Phi) is 3.30. The van der Waals surface area contributed by atoms with Gasteiger partial charge < -0.3 is 4.42 Å². The van der Waals surface area contributed by atoms with E-state index < -0.39 is 11.9 Å². The van der Waals surface area contributed by atoms with Crippen LogP contribution >= 0.6 is 0 Å². The van der Waals surface area contributed by atoms with Crippen molar-refractivity contribution in [1.82, 2.24) is 29.8 Å². The van der Waals surface area contributed by atoms with Crippen LogP contribution in [0.4, 0.5) is 13.2 Å². The molecule has 0 atom stereocenters. The van der Waals surface area contributed by atoms with E-state index >= 15 is 0 Å². The maximum atomic E-state index is 13.5. The Labute approximate surface area is 149 Å². The first-order valence-corrected chi connectivity index (χ1v) is 8.22. The van der Waals surface area contributed by atoms with Crippen LogP contribution in [0, 0.1) is 0 Å². The minimum Gasteiger partial charge on any atom is -0.413 e. The lowest BCUT2D eigenvalue weighted by Crippen LogP contribution is -2.14. The highest BCUT2D eigenvalue weighted by Crippen LogP contribution is 2.41. The number of rotatable bonds is 3. The first-order chi connectivity index (χ1) is 13.0. The smallest absolute Gasteiger partial charge is 0.413 e. The van der Waals surface area contributed by atoms with Gasteiger partial charge in [0.2, 0.25) is 0 Å². The molecule has 0 radical (unpaired) electrons. The van der Waals surface area contributed by atoms with Crippen molar-refractivity contribution in [1.29, 1.82) is 0 Å². The number of halogens is 3. The molecule has 7 nitrogen and oxygen atoms in total. The highest BCUT2D eigenvalue weighted by atomic mass is 19.4. The van der Waals surface area contributed by atoms with Crippen molar-refractivity contribution in [3.05, 3.63) is 47.9 Å².